The molecule has 1 aliphatic rings. The summed E-state index contributed by atoms with van der Waals surface area (Å²) >= 11 is 0. The zero-order valence-corrected chi connectivity index (χ0v) is 16.0. The summed E-state index contributed by atoms with van der Waals surface area (Å²) in [7, 11) is 0. The third-order valence-corrected chi connectivity index (χ3v) is 5.77. The molecule has 1 unspecified atom stereocenters. The van der Waals surface area contributed by atoms with Crippen molar-refractivity contribution < 1.29 is 4.39 Å². The first-order valence-electron chi connectivity index (χ1n) is 10.0. The number of nitrogens with zero attached hydrogens (tertiary/aromatic N) is 2. The fourth-order valence-electron chi connectivity index (χ4n) is 4.33. The van der Waals surface area contributed by atoms with Gasteiger partial charge in [-0.1, -0.05) is 48.5 Å². The Morgan fingerprint density at radius 2 is 1.79 bits per heavy atom. The van der Waals surface area contributed by atoms with Crippen LogP contribution >= 0.6 is 0 Å². The van der Waals surface area contributed by atoms with Gasteiger partial charge in [-0.05, 0) is 60.2 Å². The lowest BCUT2D eigenvalue weighted by atomic mass is 9.91. The highest BCUT2D eigenvalue weighted by molar-refractivity contribution is 5.83. The number of benzene rings is 3. The molecule has 0 radical (unpaired) electrons. The van der Waals surface area contributed by atoms with Crippen molar-refractivity contribution in [2.75, 3.05) is 0 Å². The molecule has 1 aromatic heterocycles. The fourth-order valence-corrected chi connectivity index (χ4v) is 4.33. The zero-order chi connectivity index (χ0) is 19.8. The van der Waals surface area contributed by atoms with Crippen molar-refractivity contribution in [3.63, 3.8) is 0 Å². The van der Waals surface area contributed by atoms with Crippen molar-refractivity contribution >= 4 is 10.9 Å². The molecule has 0 fully saturated rings. The van der Waals surface area contributed by atoms with Crippen molar-refractivity contribution in [2.45, 2.75) is 31.7 Å². The van der Waals surface area contributed by atoms with E-state index in [9.17, 15) is 9.18 Å². The number of hydrogen-bond donors (Lipinski definition) is 0. The minimum atomic E-state index is -0.274. The van der Waals surface area contributed by atoms with Crippen molar-refractivity contribution in [3.8, 4) is 11.1 Å². The molecule has 0 saturated carbocycles. The number of halogens is 1. The Kier molecular flexibility index (Phi) is 4.47. The summed E-state index contributed by atoms with van der Waals surface area (Å²) in [5.41, 5.74) is 3.61. The highest BCUT2D eigenvalue weighted by Crippen LogP contribution is 2.30. The van der Waals surface area contributed by atoms with Gasteiger partial charge in [0, 0.05) is 12.5 Å². The lowest BCUT2D eigenvalue weighted by Crippen LogP contribution is -2.31. The van der Waals surface area contributed by atoms with Gasteiger partial charge in [0.05, 0.1) is 10.9 Å². The maximum atomic E-state index is 13.6. The smallest absolute Gasteiger partial charge is 0.261 e. The molecule has 1 atom stereocenters. The summed E-state index contributed by atoms with van der Waals surface area (Å²) in [5, 5.41) is 0.620. The van der Waals surface area contributed by atoms with Gasteiger partial charge in [-0.2, -0.15) is 0 Å². The van der Waals surface area contributed by atoms with Crippen LogP contribution in [0.15, 0.2) is 77.6 Å². The second kappa shape index (κ2) is 7.28. The molecule has 29 heavy (non-hydrogen) atoms. The number of hydrogen-bond acceptors (Lipinski definition) is 2. The van der Waals surface area contributed by atoms with Gasteiger partial charge in [-0.25, -0.2) is 9.37 Å². The third kappa shape index (κ3) is 3.35. The van der Waals surface area contributed by atoms with E-state index in [2.05, 4.69) is 12.1 Å². The fraction of sp³-hybridized carbons (Fsp3) is 0.200. The van der Waals surface area contributed by atoms with Crippen LogP contribution in [0, 0.1) is 5.82 Å². The lowest BCUT2D eigenvalue weighted by molar-refractivity contribution is 0.426. The van der Waals surface area contributed by atoms with Gasteiger partial charge < -0.3 is 0 Å². The maximum Gasteiger partial charge on any atom is 0.261 e. The molecule has 1 aliphatic heterocycles. The summed E-state index contributed by atoms with van der Waals surface area (Å²) in [6.07, 6.45) is 2.89. The Balaban J connectivity index is 1.62. The SMILES string of the molecule is O=c1c2ccc(-c3cccc(F)c3)cc2nc2n1CCCC2Cc1ccccc1. The largest absolute Gasteiger partial charge is 0.296 e. The van der Waals surface area contributed by atoms with E-state index in [-0.39, 0.29) is 17.3 Å². The highest BCUT2D eigenvalue weighted by atomic mass is 19.1. The molecule has 3 aromatic carbocycles. The molecule has 0 aliphatic carbocycles. The van der Waals surface area contributed by atoms with Crippen LogP contribution in [0.1, 0.15) is 30.1 Å². The van der Waals surface area contributed by atoms with E-state index < -0.39 is 0 Å². The predicted octanol–water partition coefficient (Wildman–Crippen LogP) is 5.32. The number of fused-ring (bicyclic) bond motifs is 2. The molecule has 3 nitrogen and oxygen atoms in total. The van der Waals surface area contributed by atoms with Gasteiger partial charge in [0.25, 0.3) is 5.56 Å². The molecule has 0 saturated heterocycles. The van der Waals surface area contributed by atoms with Crippen LogP contribution in [0.3, 0.4) is 0 Å². The Morgan fingerprint density at radius 3 is 2.62 bits per heavy atom. The van der Waals surface area contributed by atoms with E-state index in [0.717, 1.165) is 36.2 Å². The van der Waals surface area contributed by atoms with Crippen LogP contribution < -0.4 is 5.56 Å². The standard InChI is InChI=1S/C25H21FN2O/c26-21-10-4-8-18(15-21)19-11-12-22-23(16-19)27-24-20(9-5-13-28(24)25(22)29)14-17-6-2-1-3-7-17/h1-4,6-8,10-12,15-16,20H,5,9,13-14H2. The molecule has 5 rings (SSSR count). The molecule has 4 heteroatoms. The maximum absolute atomic E-state index is 13.6. The first kappa shape index (κ1) is 17.8. The quantitative estimate of drug-likeness (QED) is 0.479. The van der Waals surface area contributed by atoms with Crippen LogP contribution in [0.4, 0.5) is 4.39 Å². The van der Waals surface area contributed by atoms with Gasteiger partial charge in [0.15, 0.2) is 0 Å². The number of rotatable bonds is 3. The Morgan fingerprint density at radius 1 is 0.966 bits per heavy atom. The summed E-state index contributed by atoms with van der Waals surface area (Å²) in [6, 6.07) is 22.5. The minimum Gasteiger partial charge on any atom is -0.296 e. The average Bonchev–Trinajstić information content (AvgIpc) is 2.75. The van der Waals surface area contributed by atoms with Gasteiger partial charge in [0.1, 0.15) is 11.6 Å². The van der Waals surface area contributed by atoms with Crippen molar-refractivity contribution in [2.24, 2.45) is 0 Å². The molecule has 144 valence electrons. The van der Waals surface area contributed by atoms with Gasteiger partial charge in [-0.15, -0.1) is 0 Å². The molecular formula is C25H21FN2O. The Bertz CT molecular complexity index is 1250. The van der Waals surface area contributed by atoms with Crippen LogP contribution in [-0.2, 0) is 13.0 Å². The monoisotopic (exact) mass is 384 g/mol. The van der Waals surface area contributed by atoms with E-state index in [4.69, 9.17) is 4.98 Å². The van der Waals surface area contributed by atoms with Crippen LogP contribution in [0.25, 0.3) is 22.0 Å². The average molecular weight is 384 g/mol. The highest BCUT2D eigenvalue weighted by Gasteiger charge is 2.24. The van der Waals surface area contributed by atoms with Crippen molar-refractivity contribution in [1.82, 2.24) is 9.55 Å². The molecule has 0 N–H and O–H groups in total. The van der Waals surface area contributed by atoms with Crippen LogP contribution in [-0.4, -0.2) is 9.55 Å². The van der Waals surface area contributed by atoms with Gasteiger partial charge in [-0.3, -0.25) is 9.36 Å². The lowest BCUT2D eigenvalue weighted by Gasteiger charge is -2.26. The summed E-state index contributed by atoms with van der Waals surface area (Å²) in [5.74, 6) is 0.819. The van der Waals surface area contributed by atoms with E-state index in [1.165, 1.54) is 17.7 Å². The van der Waals surface area contributed by atoms with E-state index in [1.807, 2.05) is 47.0 Å². The van der Waals surface area contributed by atoms with Crippen molar-refractivity contribution in [3.05, 3.63) is 100 Å². The Labute approximate surface area is 168 Å². The second-order valence-electron chi connectivity index (χ2n) is 7.70. The van der Waals surface area contributed by atoms with E-state index in [1.54, 1.807) is 6.07 Å². The third-order valence-electron chi connectivity index (χ3n) is 5.77. The molecule has 0 bridgehead atoms. The summed E-state index contributed by atoms with van der Waals surface area (Å²) in [4.78, 5) is 18.1. The first-order chi connectivity index (χ1) is 14.2. The summed E-state index contributed by atoms with van der Waals surface area (Å²) in [6.45, 7) is 0.716. The zero-order valence-electron chi connectivity index (χ0n) is 16.0. The van der Waals surface area contributed by atoms with Crippen LogP contribution in [0.5, 0.6) is 0 Å². The topological polar surface area (TPSA) is 34.9 Å². The van der Waals surface area contributed by atoms with E-state index >= 15 is 0 Å². The Hall–Kier alpha value is -3.27. The number of aromatic nitrogens is 2. The molecule has 0 spiro atoms. The van der Waals surface area contributed by atoms with Crippen molar-refractivity contribution in [1.29, 1.82) is 0 Å². The predicted molar refractivity (Wildman–Crippen MR) is 114 cm³/mol. The van der Waals surface area contributed by atoms with Gasteiger partial charge >= 0.3 is 0 Å². The molecule has 0 amide bonds. The second-order valence-corrected chi connectivity index (χ2v) is 7.70. The first-order valence-corrected chi connectivity index (χ1v) is 10.0. The minimum absolute atomic E-state index is 0.0218. The molecular weight excluding hydrogens is 363 g/mol. The molecule has 2 heterocycles. The summed E-state index contributed by atoms with van der Waals surface area (Å²) < 4.78 is 15.5. The van der Waals surface area contributed by atoms with Crippen LogP contribution in [0.2, 0.25) is 0 Å². The molecule has 4 aromatic rings. The normalized spacial score (nSPS) is 16.0. The van der Waals surface area contributed by atoms with E-state index in [0.29, 0.717) is 17.4 Å². The van der Waals surface area contributed by atoms with Gasteiger partial charge in [0.2, 0.25) is 0 Å².